The number of nitriles is 1. The maximum absolute atomic E-state index is 14.6. The Balaban J connectivity index is 1.84. The van der Waals surface area contributed by atoms with Crippen LogP contribution in [-0.4, -0.2) is 29.4 Å². The first-order valence-electron chi connectivity index (χ1n) is 9.70. The first-order chi connectivity index (χ1) is 15.4. The van der Waals surface area contributed by atoms with Crippen LogP contribution in [-0.2, 0) is 16.4 Å². The van der Waals surface area contributed by atoms with E-state index in [4.69, 9.17) is 14.3 Å². The molecule has 2 N–H and O–H groups in total. The highest BCUT2D eigenvalue weighted by Crippen LogP contribution is 2.35. The van der Waals surface area contributed by atoms with E-state index in [0.717, 1.165) is 6.20 Å². The second-order valence-electron chi connectivity index (χ2n) is 7.11. The van der Waals surface area contributed by atoms with Gasteiger partial charge in [-0.15, -0.1) is 10.7 Å². The van der Waals surface area contributed by atoms with Crippen molar-refractivity contribution >= 4 is 22.3 Å². The average Bonchev–Trinajstić information content (AvgIpc) is 2.74. The molecule has 1 aliphatic rings. The summed E-state index contributed by atoms with van der Waals surface area (Å²) in [5.74, 6) is 0.287. The van der Waals surface area contributed by atoms with Crippen LogP contribution in [0.25, 0.3) is 11.1 Å². The lowest BCUT2D eigenvalue weighted by Crippen LogP contribution is -2.10. The minimum absolute atomic E-state index is 0.142. The predicted molar refractivity (Wildman–Crippen MR) is 117 cm³/mol. The van der Waals surface area contributed by atoms with E-state index in [0.29, 0.717) is 34.9 Å². The fraction of sp³-hybridized carbons (Fsp3) is 0.227. The van der Waals surface area contributed by atoms with Crippen LogP contribution in [0, 0.1) is 27.7 Å². The Morgan fingerprint density at radius 1 is 1.16 bits per heavy atom. The Labute approximate surface area is 185 Å². The minimum atomic E-state index is -0.703. The van der Waals surface area contributed by atoms with Crippen molar-refractivity contribution in [3.8, 4) is 28.8 Å². The molecule has 0 aliphatic carbocycles. The van der Waals surface area contributed by atoms with Crippen molar-refractivity contribution in [2.75, 3.05) is 24.8 Å². The Morgan fingerprint density at radius 3 is 2.75 bits per heavy atom. The van der Waals surface area contributed by atoms with Crippen LogP contribution in [0.3, 0.4) is 0 Å². The average molecular weight is 455 g/mol. The Bertz CT molecular complexity index is 1250. The molecule has 1 aliphatic heterocycles. The van der Waals surface area contributed by atoms with E-state index in [-0.39, 0.29) is 36.0 Å². The SMILES string of the molecule is CS(=N)Cc1cc2nc(c1C#N)OCCCOc1cc(F)ccc1-c1cc(ncc1F)N2. The van der Waals surface area contributed by atoms with Crippen LogP contribution >= 0.6 is 0 Å². The number of rotatable bonds is 2. The van der Waals surface area contributed by atoms with E-state index < -0.39 is 22.3 Å². The van der Waals surface area contributed by atoms with E-state index in [9.17, 15) is 14.0 Å². The molecule has 0 spiro atoms. The highest BCUT2D eigenvalue weighted by molar-refractivity contribution is 7.84. The monoisotopic (exact) mass is 455 g/mol. The molecule has 1 atom stereocenters. The molecule has 3 heterocycles. The molecular weight excluding hydrogens is 436 g/mol. The molecule has 10 heteroatoms. The normalized spacial score (nSPS) is 13.9. The molecule has 0 amide bonds. The number of pyridine rings is 2. The summed E-state index contributed by atoms with van der Waals surface area (Å²) in [6, 6.07) is 9.18. The summed E-state index contributed by atoms with van der Waals surface area (Å²) in [5.41, 5.74) is 1.49. The molecule has 1 aromatic carbocycles. The number of ether oxygens (including phenoxy) is 2. The van der Waals surface area contributed by atoms with E-state index in [1.165, 1.54) is 24.3 Å². The Morgan fingerprint density at radius 2 is 1.97 bits per heavy atom. The summed E-state index contributed by atoms with van der Waals surface area (Å²) in [6.07, 6.45) is 3.24. The molecule has 0 saturated heterocycles. The quantitative estimate of drug-likeness (QED) is 0.580. The number of nitrogens with one attached hydrogen (secondary N) is 2. The van der Waals surface area contributed by atoms with E-state index >= 15 is 0 Å². The molecule has 4 rings (SSSR count). The third-order valence-corrected chi connectivity index (χ3v) is 5.43. The predicted octanol–water partition coefficient (Wildman–Crippen LogP) is 4.71. The lowest BCUT2D eigenvalue weighted by molar-refractivity contribution is 0.242. The number of halogens is 2. The lowest BCUT2D eigenvalue weighted by Gasteiger charge is -2.17. The van der Waals surface area contributed by atoms with Crippen LogP contribution in [0.4, 0.5) is 20.4 Å². The number of anilines is 2. The van der Waals surface area contributed by atoms with Gasteiger partial charge in [0, 0.05) is 29.4 Å². The zero-order valence-corrected chi connectivity index (χ0v) is 17.9. The van der Waals surface area contributed by atoms with E-state index in [2.05, 4.69) is 21.4 Å². The zero-order chi connectivity index (χ0) is 22.7. The van der Waals surface area contributed by atoms with E-state index in [1.54, 1.807) is 12.3 Å². The molecule has 0 radical (unpaired) electrons. The molecule has 4 bridgehead atoms. The standard InChI is InChI=1S/C22H19F2N5O2S/c1-32(26)12-13-7-21-28-20-9-16(18(24)11-27-20)15-4-3-14(23)8-19(15)30-5-2-6-31-22(29-21)17(13)10-25/h3-4,7-9,11,26H,2,5-6,12H2,1H3,(H,27,28,29). The van der Waals surface area contributed by atoms with Crippen LogP contribution < -0.4 is 14.8 Å². The highest BCUT2D eigenvalue weighted by Gasteiger charge is 2.18. The number of nitrogens with zero attached hydrogens (tertiary/aromatic N) is 3. The van der Waals surface area contributed by atoms with Gasteiger partial charge in [0.05, 0.1) is 19.4 Å². The molecule has 3 aromatic rings. The number of fused-ring (bicyclic) bond motifs is 6. The number of hydrogen-bond donors (Lipinski definition) is 2. The van der Waals surface area contributed by atoms with Crippen molar-refractivity contribution in [2.45, 2.75) is 12.2 Å². The van der Waals surface area contributed by atoms with Gasteiger partial charge in [0.2, 0.25) is 5.88 Å². The topological polar surface area (TPSA) is 104 Å². The highest BCUT2D eigenvalue weighted by atomic mass is 32.2. The minimum Gasteiger partial charge on any atom is -0.493 e. The first-order valence-corrected chi connectivity index (χ1v) is 11.5. The molecule has 164 valence electrons. The van der Waals surface area contributed by atoms with Crippen LogP contribution in [0.2, 0.25) is 0 Å². The van der Waals surface area contributed by atoms with Crippen molar-refractivity contribution in [1.82, 2.24) is 9.97 Å². The number of aromatic nitrogens is 2. The smallest absolute Gasteiger partial charge is 0.233 e. The van der Waals surface area contributed by atoms with E-state index in [1.807, 2.05) is 0 Å². The lowest BCUT2D eigenvalue weighted by atomic mass is 10.0. The van der Waals surface area contributed by atoms with Gasteiger partial charge in [-0.1, -0.05) is 0 Å². The van der Waals surface area contributed by atoms with Crippen LogP contribution in [0.15, 0.2) is 36.5 Å². The summed E-state index contributed by atoms with van der Waals surface area (Å²) in [7, 11) is -0.703. The molecule has 2 aromatic heterocycles. The summed E-state index contributed by atoms with van der Waals surface area (Å²) in [4.78, 5) is 8.47. The summed E-state index contributed by atoms with van der Waals surface area (Å²) in [5, 5.41) is 12.7. The Kier molecular flexibility index (Phi) is 6.28. The summed E-state index contributed by atoms with van der Waals surface area (Å²) in [6.45, 7) is 0.389. The molecule has 0 fully saturated rings. The molecule has 7 nitrogen and oxygen atoms in total. The van der Waals surface area contributed by atoms with Crippen LogP contribution in [0.1, 0.15) is 17.5 Å². The summed E-state index contributed by atoms with van der Waals surface area (Å²) < 4.78 is 47.9. The second kappa shape index (κ2) is 9.28. The third kappa shape index (κ3) is 4.68. The van der Waals surface area contributed by atoms with Crippen LogP contribution in [0.5, 0.6) is 11.6 Å². The second-order valence-corrected chi connectivity index (χ2v) is 8.67. The van der Waals surface area contributed by atoms with Crippen molar-refractivity contribution in [3.63, 3.8) is 0 Å². The summed E-state index contributed by atoms with van der Waals surface area (Å²) >= 11 is 0. The van der Waals surface area contributed by atoms with Gasteiger partial charge >= 0.3 is 0 Å². The fourth-order valence-corrected chi connectivity index (χ4v) is 3.99. The molecule has 32 heavy (non-hydrogen) atoms. The fourth-order valence-electron chi connectivity index (χ4n) is 3.30. The zero-order valence-electron chi connectivity index (χ0n) is 17.1. The van der Waals surface area contributed by atoms with Gasteiger partial charge in [0.25, 0.3) is 0 Å². The van der Waals surface area contributed by atoms with Crippen molar-refractivity contribution in [2.24, 2.45) is 0 Å². The third-order valence-electron chi connectivity index (χ3n) is 4.68. The van der Waals surface area contributed by atoms with Gasteiger partial charge in [-0.05, 0) is 36.1 Å². The van der Waals surface area contributed by atoms with Crippen molar-refractivity contribution in [3.05, 3.63) is 59.3 Å². The first kappa shape index (κ1) is 21.6. The maximum Gasteiger partial charge on any atom is 0.233 e. The largest absolute Gasteiger partial charge is 0.493 e. The maximum atomic E-state index is 14.6. The van der Waals surface area contributed by atoms with Gasteiger partial charge in [-0.3, -0.25) is 4.78 Å². The van der Waals surface area contributed by atoms with Gasteiger partial charge in [0.15, 0.2) is 0 Å². The van der Waals surface area contributed by atoms with Gasteiger partial charge in [-0.2, -0.15) is 10.2 Å². The molecule has 0 saturated carbocycles. The van der Waals surface area contributed by atoms with Crippen molar-refractivity contribution in [1.29, 1.82) is 10.0 Å². The van der Waals surface area contributed by atoms with Gasteiger partial charge in [0.1, 0.15) is 40.7 Å². The molecule has 1 unspecified atom stereocenters. The Hall–Kier alpha value is -3.58. The number of benzene rings is 1. The van der Waals surface area contributed by atoms with Crippen molar-refractivity contribution < 1.29 is 18.3 Å². The van der Waals surface area contributed by atoms with Gasteiger partial charge in [-0.25, -0.2) is 13.8 Å². The number of hydrogen-bond acceptors (Lipinski definition) is 7. The van der Waals surface area contributed by atoms with Gasteiger partial charge < -0.3 is 14.8 Å². The molecular formula is C22H19F2N5O2S.